The smallest absolute Gasteiger partial charge is 0.249 e. The van der Waals surface area contributed by atoms with Crippen molar-refractivity contribution >= 4 is 23.2 Å². The summed E-state index contributed by atoms with van der Waals surface area (Å²) in [6, 6.07) is 4.70. The molecule has 2 aromatic rings. The van der Waals surface area contributed by atoms with Gasteiger partial charge in [-0.3, -0.25) is 9.59 Å². The number of amides is 2. The van der Waals surface area contributed by atoms with Crippen LogP contribution in [0.3, 0.4) is 0 Å². The fourth-order valence-electron chi connectivity index (χ4n) is 2.75. The molecule has 1 aromatic heterocycles. The van der Waals surface area contributed by atoms with Crippen LogP contribution in [0.4, 0.5) is 11.4 Å². The van der Waals surface area contributed by atoms with Gasteiger partial charge in [-0.1, -0.05) is 0 Å². The molecule has 0 spiro atoms. The summed E-state index contributed by atoms with van der Waals surface area (Å²) in [4.78, 5) is 26.2. The monoisotopic (exact) mass is 344 g/mol. The third-order valence-corrected chi connectivity index (χ3v) is 4.20. The quantitative estimate of drug-likeness (QED) is 0.879. The lowest BCUT2D eigenvalue weighted by Gasteiger charge is -2.28. The number of piperidine rings is 1. The van der Waals surface area contributed by atoms with Crippen LogP contribution in [0, 0.1) is 0 Å². The number of tetrazole rings is 1. The van der Waals surface area contributed by atoms with Gasteiger partial charge in [0.25, 0.3) is 0 Å². The van der Waals surface area contributed by atoms with E-state index in [-0.39, 0.29) is 11.8 Å². The Hall–Kier alpha value is -2.97. The molecule has 9 nitrogen and oxygen atoms in total. The van der Waals surface area contributed by atoms with Gasteiger partial charge in [-0.25, -0.2) is 4.68 Å². The van der Waals surface area contributed by atoms with E-state index in [2.05, 4.69) is 20.8 Å². The fraction of sp³-hybridized carbons (Fsp3) is 0.438. The summed E-state index contributed by atoms with van der Waals surface area (Å²) < 4.78 is 6.79. The molecule has 1 aromatic carbocycles. The normalized spacial score (nSPS) is 15.8. The van der Waals surface area contributed by atoms with E-state index in [1.807, 2.05) is 0 Å². The molecule has 0 radical (unpaired) electrons. The lowest BCUT2D eigenvalue weighted by Crippen LogP contribution is -2.35. The molecule has 3 rings (SSSR count). The van der Waals surface area contributed by atoms with E-state index in [9.17, 15) is 9.59 Å². The van der Waals surface area contributed by atoms with Crippen LogP contribution in [0.2, 0.25) is 0 Å². The SMILES string of the molecule is COc1cc(NC(=O)[C@H](C)n2cnnn2)ccc1N1CCCCC1=O. The minimum atomic E-state index is -0.552. The molecule has 0 aliphatic carbocycles. The van der Waals surface area contributed by atoms with E-state index in [0.717, 1.165) is 18.5 Å². The minimum Gasteiger partial charge on any atom is -0.494 e. The van der Waals surface area contributed by atoms with Gasteiger partial charge in [0.05, 0.1) is 12.8 Å². The standard InChI is InChI=1S/C16H20N6O3/c1-11(22-10-17-19-20-22)16(24)18-12-6-7-13(14(9-12)25-2)21-8-4-3-5-15(21)23/h6-7,9-11H,3-5,8H2,1-2H3,(H,18,24)/t11-/m0/s1. The molecule has 0 bridgehead atoms. The third kappa shape index (κ3) is 3.59. The number of carbonyl (C=O) groups is 2. The zero-order chi connectivity index (χ0) is 17.8. The Balaban J connectivity index is 1.77. The van der Waals surface area contributed by atoms with Gasteiger partial charge in [0, 0.05) is 24.7 Å². The molecule has 1 saturated heterocycles. The Morgan fingerprint density at radius 3 is 2.88 bits per heavy atom. The number of rotatable bonds is 5. The van der Waals surface area contributed by atoms with E-state index in [1.165, 1.54) is 11.0 Å². The summed E-state index contributed by atoms with van der Waals surface area (Å²) in [6.07, 6.45) is 3.82. The molecular weight excluding hydrogens is 324 g/mol. The number of nitrogens with zero attached hydrogens (tertiary/aromatic N) is 5. The molecule has 0 saturated carbocycles. The van der Waals surface area contributed by atoms with Gasteiger partial charge in [0.1, 0.15) is 18.1 Å². The number of hydrogen-bond donors (Lipinski definition) is 1. The van der Waals surface area contributed by atoms with Crippen LogP contribution in [0.5, 0.6) is 5.75 Å². The molecule has 2 amide bonds. The summed E-state index contributed by atoms with van der Waals surface area (Å²) in [5.41, 5.74) is 1.30. The number of anilines is 2. The van der Waals surface area contributed by atoms with Crippen molar-refractivity contribution in [1.29, 1.82) is 0 Å². The highest BCUT2D eigenvalue weighted by Gasteiger charge is 2.23. The van der Waals surface area contributed by atoms with Crippen molar-refractivity contribution < 1.29 is 14.3 Å². The second kappa shape index (κ2) is 7.29. The Morgan fingerprint density at radius 1 is 1.36 bits per heavy atom. The van der Waals surface area contributed by atoms with Crippen LogP contribution in [0.1, 0.15) is 32.2 Å². The molecule has 0 unspecified atom stereocenters. The number of hydrogen-bond acceptors (Lipinski definition) is 6. The summed E-state index contributed by atoms with van der Waals surface area (Å²) in [6.45, 7) is 2.38. The van der Waals surface area contributed by atoms with Crippen LogP contribution in [-0.4, -0.2) is 45.7 Å². The number of benzene rings is 1. The summed E-state index contributed by atoms with van der Waals surface area (Å²) in [5, 5.41) is 13.6. The predicted molar refractivity (Wildman–Crippen MR) is 90.4 cm³/mol. The van der Waals surface area contributed by atoms with Gasteiger partial charge in [-0.05, 0) is 42.3 Å². The molecular formula is C16H20N6O3. The molecule has 1 atom stereocenters. The number of ether oxygens (including phenoxy) is 1. The minimum absolute atomic E-state index is 0.0913. The van der Waals surface area contributed by atoms with E-state index in [4.69, 9.17) is 4.74 Å². The maximum atomic E-state index is 12.3. The van der Waals surface area contributed by atoms with Crippen molar-refractivity contribution in [3.8, 4) is 5.75 Å². The van der Waals surface area contributed by atoms with Crippen molar-refractivity contribution in [1.82, 2.24) is 20.2 Å². The van der Waals surface area contributed by atoms with E-state index in [1.54, 1.807) is 37.1 Å². The van der Waals surface area contributed by atoms with Gasteiger partial charge < -0.3 is 15.0 Å². The van der Waals surface area contributed by atoms with Crippen LogP contribution in [0.15, 0.2) is 24.5 Å². The maximum absolute atomic E-state index is 12.3. The molecule has 25 heavy (non-hydrogen) atoms. The van der Waals surface area contributed by atoms with E-state index in [0.29, 0.717) is 24.4 Å². The highest BCUT2D eigenvalue weighted by atomic mass is 16.5. The summed E-state index contributed by atoms with van der Waals surface area (Å²) >= 11 is 0. The van der Waals surface area contributed by atoms with Gasteiger partial charge >= 0.3 is 0 Å². The van der Waals surface area contributed by atoms with E-state index < -0.39 is 6.04 Å². The molecule has 9 heteroatoms. The van der Waals surface area contributed by atoms with Crippen molar-refractivity contribution in [3.05, 3.63) is 24.5 Å². The highest BCUT2D eigenvalue weighted by molar-refractivity contribution is 5.97. The molecule has 1 aliphatic heterocycles. The zero-order valence-corrected chi connectivity index (χ0v) is 14.2. The first-order chi connectivity index (χ1) is 12.1. The van der Waals surface area contributed by atoms with Gasteiger partial charge in [0.15, 0.2) is 0 Å². The van der Waals surface area contributed by atoms with Crippen molar-refractivity contribution in [2.45, 2.75) is 32.2 Å². The summed E-state index contributed by atoms with van der Waals surface area (Å²) in [7, 11) is 1.54. The Kier molecular flexibility index (Phi) is 4.92. The van der Waals surface area contributed by atoms with Crippen LogP contribution in [0.25, 0.3) is 0 Å². The maximum Gasteiger partial charge on any atom is 0.249 e. The zero-order valence-electron chi connectivity index (χ0n) is 14.2. The lowest BCUT2D eigenvalue weighted by atomic mass is 10.1. The van der Waals surface area contributed by atoms with Crippen LogP contribution in [-0.2, 0) is 9.59 Å². The highest BCUT2D eigenvalue weighted by Crippen LogP contribution is 2.33. The first-order valence-corrected chi connectivity index (χ1v) is 8.12. The number of methoxy groups -OCH3 is 1. The average Bonchev–Trinajstić information content (AvgIpc) is 3.16. The fourth-order valence-corrected chi connectivity index (χ4v) is 2.75. The average molecular weight is 344 g/mol. The second-order valence-electron chi connectivity index (χ2n) is 5.84. The molecule has 132 valence electrons. The third-order valence-electron chi connectivity index (χ3n) is 4.20. The van der Waals surface area contributed by atoms with Gasteiger partial charge in [-0.2, -0.15) is 0 Å². The number of carbonyl (C=O) groups excluding carboxylic acids is 2. The first kappa shape index (κ1) is 16.9. The van der Waals surface area contributed by atoms with Crippen LogP contribution >= 0.6 is 0 Å². The molecule has 2 heterocycles. The Labute approximate surface area is 144 Å². The topological polar surface area (TPSA) is 102 Å². The predicted octanol–water partition coefficient (Wildman–Crippen LogP) is 1.40. The van der Waals surface area contributed by atoms with Crippen molar-refractivity contribution in [2.75, 3.05) is 23.9 Å². The first-order valence-electron chi connectivity index (χ1n) is 8.12. The number of nitrogens with one attached hydrogen (secondary N) is 1. The van der Waals surface area contributed by atoms with Crippen molar-refractivity contribution in [2.24, 2.45) is 0 Å². The second-order valence-corrected chi connectivity index (χ2v) is 5.84. The molecule has 1 aliphatic rings. The van der Waals surface area contributed by atoms with E-state index >= 15 is 0 Å². The Morgan fingerprint density at radius 2 is 2.20 bits per heavy atom. The van der Waals surface area contributed by atoms with Gasteiger partial charge in [0.2, 0.25) is 11.8 Å². The molecule has 1 N–H and O–H groups in total. The van der Waals surface area contributed by atoms with Crippen molar-refractivity contribution in [3.63, 3.8) is 0 Å². The lowest BCUT2D eigenvalue weighted by molar-refractivity contribution is -0.120. The van der Waals surface area contributed by atoms with Gasteiger partial charge in [-0.15, -0.1) is 5.10 Å². The number of aromatic nitrogens is 4. The molecule has 1 fully saturated rings. The Bertz CT molecular complexity index is 761. The van der Waals surface area contributed by atoms with Crippen LogP contribution < -0.4 is 15.0 Å². The summed E-state index contributed by atoms with van der Waals surface area (Å²) in [5.74, 6) is 0.382. The largest absolute Gasteiger partial charge is 0.494 e.